The highest BCUT2D eigenvalue weighted by Gasteiger charge is 2.34. The van der Waals surface area contributed by atoms with Crippen molar-refractivity contribution in [3.8, 4) is 11.8 Å². The quantitative estimate of drug-likeness (QED) is 0.845. The lowest BCUT2D eigenvalue weighted by Crippen LogP contribution is -2.52. The van der Waals surface area contributed by atoms with E-state index in [1.54, 1.807) is 6.92 Å². The minimum Gasteiger partial charge on any atom is -0.494 e. The summed E-state index contributed by atoms with van der Waals surface area (Å²) in [6.45, 7) is 4.37. The number of anilines is 1. The van der Waals surface area contributed by atoms with Gasteiger partial charge in [-0.25, -0.2) is 0 Å². The minimum absolute atomic E-state index is 0.137. The number of hydrogen-bond acceptors (Lipinski definition) is 4. The molecule has 5 nitrogen and oxygen atoms in total. The molecule has 23 heavy (non-hydrogen) atoms. The topological polar surface area (TPSA) is 74.2 Å². The summed E-state index contributed by atoms with van der Waals surface area (Å²) in [6, 6.07) is 9.42. The van der Waals surface area contributed by atoms with Crippen molar-refractivity contribution in [1.29, 1.82) is 5.26 Å². The van der Waals surface area contributed by atoms with Crippen molar-refractivity contribution in [1.82, 2.24) is 5.32 Å². The molecule has 2 N–H and O–H groups in total. The molecular formula is C18H25N3O2. The molecule has 2 rings (SSSR count). The number of carbonyl (C=O) groups excluding carboxylic acids is 1. The van der Waals surface area contributed by atoms with Crippen LogP contribution in [-0.2, 0) is 4.79 Å². The maximum atomic E-state index is 12.4. The largest absolute Gasteiger partial charge is 0.494 e. The van der Waals surface area contributed by atoms with Crippen molar-refractivity contribution in [3.63, 3.8) is 0 Å². The molecule has 124 valence electrons. The van der Waals surface area contributed by atoms with Crippen LogP contribution in [-0.4, -0.2) is 24.1 Å². The van der Waals surface area contributed by atoms with Gasteiger partial charge in [0.05, 0.1) is 12.7 Å². The summed E-state index contributed by atoms with van der Waals surface area (Å²) in [6.07, 6.45) is 4.61. The maximum Gasteiger partial charge on any atom is 0.243 e. The van der Waals surface area contributed by atoms with E-state index in [0.717, 1.165) is 43.5 Å². The number of carbonyl (C=O) groups is 1. The Morgan fingerprint density at radius 3 is 2.52 bits per heavy atom. The zero-order valence-electron chi connectivity index (χ0n) is 13.9. The van der Waals surface area contributed by atoms with Gasteiger partial charge in [-0.05, 0) is 51.0 Å². The lowest BCUT2D eigenvalue weighted by molar-refractivity contribution is -0.123. The van der Waals surface area contributed by atoms with Crippen LogP contribution in [0.1, 0.15) is 46.0 Å². The molecule has 0 saturated heterocycles. The van der Waals surface area contributed by atoms with Crippen LogP contribution in [0.15, 0.2) is 24.3 Å². The van der Waals surface area contributed by atoms with Crippen molar-refractivity contribution in [2.24, 2.45) is 0 Å². The van der Waals surface area contributed by atoms with Gasteiger partial charge in [-0.3, -0.25) is 4.79 Å². The molecule has 5 heteroatoms. The second kappa shape index (κ2) is 7.87. The van der Waals surface area contributed by atoms with Gasteiger partial charge in [0.1, 0.15) is 17.3 Å². The van der Waals surface area contributed by atoms with Crippen molar-refractivity contribution < 1.29 is 9.53 Å². The summed E-state index contributed by atoms with van der Waals surface area (Å²) < 4.78 is 5.40. The van der Waals surface area contributed by atoms with Gasteiger partial charge in [-0.2, -0.15) is 5.26 Å². The van der Waals surface area contributed by atoms with Gasteiger partial charge in [-0.15, -0.1) is 0 Å². The molecule has 1 aromatic rings. The minimum atomic E-state index is -0.690. The molecule has 0 bridgehead atoms. The average Bonchev–Trinajstić information content (AvgIpc) is 2.57. The first-order valence-electron chi connectivity index (χ1n) is 8.31. The zero-order valence-corrected chi connectivity index (χ0v) is 13.9. The van der Waals surface area contributed by atoms with Crippen molar-refractivity contribution in [2.75, 3.05) is 11.9 Å². The maximum absolute atomic E-state index is 12.4. The first-order valence-corrected chi connectivity index (χ1v) is 8.31. The Morgan fingerprint density at radius 1 is 1.30 bits per heavy atom. The summed E-state index contributed by atoms with van der Waals surface area (Å²) in [7, 11) is 0. The van der Waals surface area contributed by atoms with Gasteiger partial charge < -0.3 is 15.4 Å². The zero-order chi connectivity index (χ0) is 16.7. The predicted molar refractivity (Wildman–Crippen MR) is 90.3 cm³/mol. The molecule has 0 heterocycles. The SMILES string of the molecule is CCOc1ccc(NC(C)C(=O)NC2(C#N)CCCCC2)cc1. The lowest BCUT2D eigenvalue weighted by Gasteiger charge is -2.32. The molecule has 0 spiro atoms. The number of nitrogens with one attached hydrogen (secondary N) is 2. The van der Waals surface area contributed by atoms with E-state index in [1.807, 2.05) is 31.2 Å². The van der Waals surface area contributed by atoms with Gasteiger partial charge >= 0.3 is 0 Å². The number of nitriles is 1. The summed E-state index contributed by atoms with van der Waals surface area (Å²) in [5.41, 5.74) is 0.162. The molecule has 0 aliphatic heterocycles. The van der Waals surface area contributed by atoms with Gasteiger partial charge in [0.15, 0.2) is 0 Å². The van der Waals surface area contributed by atoms with Gasteiger partial charge in [0.2, 0.25) is 5.91 Å². The van der Waals surface area contributed by atoms with E-state index in [2.05, 4.69) is 16.7 Å². The van der Waals surface area contributed by atoms with Crippen LogP contribution in [0.2, 0.25) is 0 Å². The number of amides is 1. The smallest absolute Gasteiger partial charge is 0.243 e. The molecule has 1 unspecified atom stereocenters. The van der Waals surface area contributed by atoms with E-state index in [4.69, 9.17) is 4.74 Å². The molecule has 1 fully saturated rings. The Bertz CT molecular complexity index is 557. The van der Waals surface area contributed by atoms with E-state index in [-0.39, 0.29) is 5.91 Å². The average molecular weight is 315 g/mol. The fourth-order valence-corrected chi connectivity index (χ4v) is 2.89. The highest BCUT2D eigenvalue weighted by molar-refractivity contribution is 5.85. The third-order valence-corrected chi connectivity index (χ3v) is 4.23. The summed E-state index contributed by atoms with van der Waals surface area (Å²) in [4.78, 5) is 12.4. The Labute approximate surface area is 138 Å². The molecule has 1 amide bonds. The van der Waals surface area contributed by atoms with Crippen LogP contribution in [0.5, 0.6) is 5.75 Å². The third-order valence-electron chi connectivity index (χ3n) is 4.23. The first-order chi connectivity index (χ1) is 11.1. The van der Waals surface area contributed by atoms with Crippen molar-refractivity contribution in [2.45, 2.75) is 57.5 Å². The van der Waals surface area contributed by atoms with Crippen LogP contribution < -0.4 is 15.4 Å². The summed E-state index contributed by atoms with van der Waals surface area (Å²) >= 11 is 0. The third kappa shape index (κ3) is 4.62. The van der Waals surface area contributed by atoms with Crippen LogP contribution in [0.4, 0.5) is 5.69 Å². The monoisotopic (exact) mass is 315 g/mol. The fraction of sp³-hybridized carbons (Fsp3) is 0.556. The number of ether oxygens (including phenoxy) is 1. The van der Waals surface area contributed by atoms with Crippen LogP contribution >= 0.6 is 0 Å². The second-order valence-corrected chi connectivity index (χ2v) is 6.07. The molecule has 1 saturated carbocycles. The normalized spacial score (nSPS) is 17.6. The highest BCUT2D eigenvalue weighted by Crippen LogP contribution is 2.27. The molecule has 1 aliphatic carbocycles. The van der Waals surface area contributed by atoms with Gasteiger partial charge in [-0.1, -0.05) is 19.3 Å². The predicted octanol–water partition coefficient (Wildman–Crippen LogP) is 3.23. The Balaban J connectivity index is 1.92. The second-order valence-electron chi connectivity index (χ2n) is 6.07. The van der Waals surface area contributed by atoms with Crippen molar-refractivity contribution in [3.05, 3.63) is 24.3 Å². The lowest BCUT2D eigenvalue weighted by atomic mass is 9.82. The number of nitrogens with zero attached hydrogens (tertiary/aromatic N) is 1. The van der Waals surface area contributed by atoms with Gasteiger partial charge in [0, 0.05) is 5.69 Å². The first kappa shape index (κ1) is 17.1. The molecular weight excluding hydrogens is 290 g/mol. The van der Waals surface area contributed by atoms with Gasteiger partial charge in [0.25, 0.3) is 0 Å². The highest BCUT2D eigenvalue weighted by atomic mass is 16.5. The molecule has 0 radical (unpaired) electrons. The Kier molecular flexibility index (Phi) is 5.86. The van der Waals surface area contributed by atoms with E-state index in [0.29, 0.717) is 6.61 Å². The number of benzene rings is 1. The molecule has 1 atom stereocenters. The van der Waals surface area contributed by atoms with E-state index in [1.165, 1.54) is 0 Å². The number of hydrogen-bond donors (Lipinski definition) is 2. The molecule has 1 aliphatic rings. The van der Waals surface area contributed by atoms with Crippen LogP contribution in [0.25, 0.3) is 0 Å². The fourth-order valence-electron chi connectivity index (χ4n) is 2.89. The number of rotatable bonds is 6. The molecule has 0 aromatic heterocycles. The summed E-state index contributed by atoms with van der Waals surface area (Å²) in [5, 5.41) is 15.6. The molecule has 1 aromatic carbocycles. The standard InChI is InChI=1S/C18H25N3O2/c1-3-23-16-9-7-15(8-10-16)20-14(2)17(22)21-18(13-19)11-5-4-6-12-18/h7-10,14,20H,3-6,11-12H2,1-2H3,(H,21,22). The summed E-state index contributed by atoms with van der Waals surface area (Å²) in [5.74, 6) is 0.670. The van der Waals surface area contributed by atoms with Crippen molar-refractivity contribution >= 4 is 11.6 Å². The van der Waals surface area contributed by atoms with E-state index in [9.17, 15) is 10.1 Å². The Hall–Kier alpha value is -2.22. The van der Waals surface area contributed by atoms with E-state index < -0.39 is 11.6 Å². The Morgan fingerprint density at radius 2 is 1.96 bits per heavy atom. The van der Waals surface area contributed by atoms with Crippen LogP contribution in [0, 0.1) is 11.3 Å². The van der Waals surface area contributed by atoms with E-state index >= 15 is 0 Å². The van der Waals surface area contributed by atoms with Crippen LogP contribution in [0.3, 0.4) is 0 Å².